The van der Waals surface area contributed by atoms with Crippen LogP contribution < -0.4 is 5.73 Å². The van der Waals surface area contributed by atoms with Crippen molar-refractivity contribution in [2.45, 2.75) is 25.0 Å². The molecule has 1 aliphatic heterocycles. The van der Waals surface area contributed by atoms with Gasteiger partial charge in [-0.25, -0.2) is 23.4 Å². The number of phosphoric acid groups is 2. The Morgan fingerprint density at radius 3 is 2.50 bits per heavy atom. The summed E-state index contributed by atoms with van der Waals surface area (Å²) in [5.41, 5.74) is 5.92. The molecule has 3 rings (SSSR count). The highest BCUT2D eigenvalue weighted by molar-refractivity contribution is 7.68. The number of anilines is 1. The maximum absolute atomic E-state index is 11.8. The summed E-state index contributed by atoms with van der Waals surface area (Å²) in [4.78, 5) is 44.2. The molecule has 0 radical (unpaired) electrons. The Morgan fingerprint density at radius 1 is 1.17 bits per heavy atom. The Hall–Kier alpha value is -1.39. The van der Waals surface area contributed by atoms with Crippen LogP contribution in [0.5, 0.6) is 0 Å². The smallest absolute Gasteiger partial charge is 0.388 e. The van der Waals surface area contributed by atoms with Crippen molar-refractivity contribution in [3.8, 4) is 0 Å². The fourth-order valence-electron chi connectivity index (χ4n) is 2.33. The van der Waals surface area contributed by atoms with Gasteiger partial charge in [0, 0.05) is 6.42 Å². The number of aliphatic hydroxyl groups excluding tert-OH is 1. The fraction of sp³-hybridized carbons (Fsp3) is 0.556. The van der Waals surface area contributed by atoms with Gasteiger partial charge < -0.3 is 39.9 Å². The van der Waals surface area contributed by atoms with Crippen molar-refractivity contribution < 1.29 is 56.5 Å². The predicted octanol–water partition coefficient (Wildman–Crippen LogP) is -1.20. The van der Waals surface area contributed by atoms with E-state index in [0.717, 1.165) is 11.1 Å². The average Bonchev–Trinajstić information content (AvgIpc) is 3.13. The number of nitrogens with zero attached hydrogens (tertiary/aromatic N) is 5. The lowest BCUT2D eigenvalue weighted by Crippen LogP contribution is -2.22. The van der Waals surface area contributed by atoms with E-state index in [2.05, 4.69) is 28.8 Å². The zero-order valence-electron chi connectivity index (χ0n) is 14.5. The van der Waals surface area contributed by atoms with E-state index in [-0.39, 0.29) is 23.4 Å². The van der Waals surface area contributed by atoms with Crippen LogP contribution in [0.1, 0.15) is 12.6 Å². The molecule has 0 aromatic carbocycles. The molecule has 0 aliphatic carbocycles. The normalized spacial score (nSPS) is 26.5. The van der Waals surface area contributed by atoms with Gasteiger partial charge in [-0.3, -0.25) is 4.57 Å². The minimum Gasteiger partial charge on any atom is -0.388 e. The minimum absolute atomic E-state index is 0.0378. The lowest BCUT2D eigenvalue weighted by atomic mass is 10.3. The first kappa shape index (κ1) is 23.3. The van der Waals surface area contributed by atoms with Gasteiger partial charge in [-0.05, 0) is 0 Å². The largest absolute Gasteiger partial charge is 0.488 e. The number of aliphatic hydroxyl groups is 1. The van der Waals surface area contributed by atoms with Gasteiger partial charge in [-0.15, -0.1) is 15.0 Å². The summed E-state index contributed by atoms with van der Waals surface area (Å²) in [6, 6.07) is 0. The first-order valence-electron chi connectivity index (χ1n) is 7.66. The van der Waals surface area contributed by atoms with E-state index in [1.165, 1.54) is 0 Å². The van der Waals surface area contributed by atoms with Crippen molar-refractivity contribution in [1.29, 1.82) is 0 Å². The van der Waals surface area contributed by atoms with Gasteiger partial charge in [-0.2, -0.15) is 4.31 Å². The van der Waals surface area contributed by atoms with Crippen molar-refractivity contribution in [3.05, 3.63) is 6.33 Å². The molecule has 2 unspecified atom stereocenters. The molecule has 30 heavy (non-hydrogen) atoms. The molecule has 3 heterocycles. The van der Waals surface area contributed by atoms with Gasteiger partial charge in [0.2, 0.25) is 5.65 Å². The molecule has 2 aromatic rings. The number of hydrogen-bond acceptors (Lipinski definition) is 13. The maximum atomic E-state index is 11.8. The third-order valence-corrected chi connectivity index (χ3v) is 7.37. The Balaban J connectivity index is 1.62. The molecule has 18 nitrogen and oxygen atoms in total. The van der Waals surface area contributed by atoms with Crippen LogP contribution in [0.25, 0.3) is 11.2 Å². The fourth-order valence-corrected chi connectivity index (χ4v) is 5.63. The van der Waals surface area contributed by atoms with Gasteiger partial charge in [0.15, 0.2) is 30.2 Å². The highest BCUT2D eigenvalue weighted by Gasteiger charge is 2.42. The molecule has 5 atom stereocenters. The van der Waals surface area contributed by atoms with Crippen molar-refractivity contribution in [2.75, 3.05) is 12.1 Å². The van der Waals surface area contributed by atoms with Gasteiger partial charge >= 0.3 is 23.2 Å². The number of rotatable bonds is 8. The summed E-state index contributed by atoms with van der Waals surface area (Å²) in [6.07, 6.45) is -4.02. The Morgan fingerprint density at radius 2 is 1.87 bits per heavy atom. The van der Waals surface area contributed by atoms with Gasteiger partial charge in [0.1, 0.15) is 12.4 Å². The molecular weight excluding hydrogens is 477 g/mol. The second kappa shape index (κ2) is 8.27. The van der Waals surface area contributed by atoms with Gasteiger partial charge in [0.25, 0.3) is 0 Å². The van der Waals surface area contributed by atoms with Crippen molar-refractivity contribution in [2.24, 2.45) is 0 Å². The molecule has 21 heteroatoms. The van der Waals surface area contributed by atoms with Gasteiger partial charge in [-0.1, -0.05) is 0 Å². The second-order valence-electron chi connectivity index (χ2n) is 5.77. The Kier molecular flexibility index (Phi) is 6.42. The van der Waals surface area contributed by atoms with Crippen LogP contribution in [0.2, 0.25) is 0 Å². The summed E-state index contributed by atoms with van der Waals surface area (Å²) in [6.45, 7) is 0. The molecule has 1 fully saturated rings. The number of nitrogens with two attached hydrogens (primary N) is 1. The van der Waals surface area contributed by atoms with E-state index < -0.39 is 48.2 Å². The number of ether oxygens (including phenoxy) is 2. The van der Waals surface area contributed by atoms with Crippen LogP contribution in [-0.4, -0.2) is 68.4 Å². The highest BCUT2D eigenvalue weighted by Crippen LogP contribution is 2.66. The third kappa shape index (κ3) is 5.85. The van der Waals surface area contributed by atoms with Gasteiger partial charge in [0.05, 0.1) is 0 Å². The highest BCUT2D eigenvalue weighted by atomic mass is 31.3. The summed E-state index contributed by atoms with van der Waals surface area (Å²) in [5, 5.41) is 18.1. The lowest BCUT2D eigenvalue weighted by Gasteiger charge is -2.18. The summed E-state index contributed by atoms with van der Waals surface area (Å²) < 4.78 is 51.3. The molecule has 0 amide bonds. The molecule has 0 spiro atoms. The van der Waals surface area contributed by atoms with Crippen LogP contribution >= 0.6 is 23.2 Å². The van der Waals surface area contributed by atoms with Crippen LogP contribution in [0.3, 0.4) is 0 Å². The topological polar surface area (TPSA) is 272 Å². The van der Waals surface area contributed by atoms with E-state index in [0.29, 0.717) is 0 Å². The standard InChI is InChI=1S/C9H15N6O12P3/c10-7-6-8(12-2-11-7)14-15(13-6)9-4(16)1-5(25-9)24-3-28(17,18)26-30(22,23)27-29(19,20)21/h2,4-5,9,16H,1,3H2,(H,17,18)(H,22,23)(H2,19,20,21)(H2,10,11,12,14)/t4-,5+,9-/m1/s1. The summed E-state index contributed by atoms with van der Waals surface area (Å²) in [7, 11) is -16.1. The SMILES string of the molecule is Nc1ncnc2nn([C@@H]3O[C@H](OCP(=O)(O)OP(=O)(O)OP(=O)(O)O)C[C@H]3O)nc12. The second-order valence-corrected chi connectivity index (χ2v) is 10.5. The Bertz CT molecular complexity index is 1070. The van der Waals surface area contributed by atoms with E-state index in [1.54, 1.807) is 0 Å². The van der Waals surface area contributed by atoms with Crippen molar-refractivity contribution in [3.63, 3.8) is 0 Å². The molecular formula is C9H15N6O12P3. The third-order valence-electron chi connectivity index (χ3n) is 3.38. The quantitative estimate of drug-likeness (QED) is 0.236. The van der Waals surface area contributed by atoms with Crippen molar-refractivity contribution >= 4 is 40.2 Å². The first-order valence-corrected chi connectivity index (χ1v) is 12.4. The zero-order chi connectivity index (χ0) is 22.3. The monoisotopic (exact) mass is 492 g/mol. The maximum Gasteiger partial charge on any atom is 0.488 e. The number of hydrogen-bond donors (Lipinski definition) is 6. The zero-order valence-corrected chi connectivity index (χ0v) is 17.2. The molecule has 7 N–H and O–H groups in total. The van der Waals surface area contributed by atoms with Crippen LogP contribution in [0, 0.1) is 0 Å². The van der Waals surface area contributed by atoms with E-state index in [4.69, 9.17) is 29.9 Å². The molecule has 0 bridgehead atoms. The molecule has 2 aromatic heterocycles. The van der Waals surface area contributed by atoms with Crippen LogP contribution in [0.4, 0.5) is 5.82 Å². The first-order chi connectivity index (χ1) is 13.7. The molecule has 0 saturated carbocycles. The lowest BCUT2D eigenvalue weighted by molar-refractivity contribution is -0.152. The minimum atomic E-state index is -5.59. The average molecular weight is 492 g/mol. The molecule has 168 valence electrons. The van der Waals surface area contributed by atoms with Crippen molar-refractivity contribution in [1.82, 2.24) is 25.0 Å². The Labute approximate surface area is 165 Å². The summed E-state index contributed by atoms with van der Waals surface area (Å²) in [5.74, 6) is 0.0378. The van der Waals surface area contributed by atoms with E-state index >= 15 is 0 Å². The summed E-state index contributed by atoms with van der Waals surface area (Å²) >= 11 is 0. The molecule has 1 aliphatic rings. The molecule has 1 saturated heterocycles. The number of nitrogen functional groups attached to an aromatic ring is 1. The van der Waals surface area contributed by atoms with Crippen LogP contribution in [0.15, 0.2) is 6.33 Å². The number of aromatic nitrogens is 5. The number of fused-ring (bicyclic) bond motifs is 1. The van der Waals surface area contributed by atoms with Crippen LogP contribution in [-0.2, 0) is 31.8 Å². The van der Waals surface area contributed by atoms with E-state index in [1.807, 2.05) is 0 Å². The van der Waals surface area contributed by atoms with E-state index in [9.17, 15) is 23.7 Å². The predicted molar refractivity (Wildman–Crippen MR) is 91.9 cm³/mol.